The molecule has 242 valence electrons. The zero-order chi connectivity index (χ0) is 34.5. The second kappa shape index (κ2) is 29.4. The van der Waals surface area contributed by atoms with Crippen LogP contribution in [0.5, 0.6) is 0 Å². The maximum atomic E-state index is 2.22. The van der Waals surface area contributed by atoms with E-state index in [4.69, 9.17) is 0 Å². The van der Waals surface area contributed by atoms with Crippen LogP contribution in [-0.4, -0.2) is 0 Å². The SMILES string of the molecule is CC.CC.CC.CC.CC.Cc1ccc(-c2ccc(C)cc2)cc1.Cc1ccc(C)cc1.Cc1ccc2cc(C)ccc2c1. The third-order valence-electron chi connectivity index (χ3n) is 5.81. The summed E-state index contributed by atoms with van der Waals surface area (Å²) in [7, 11) is 0. The lowest BCUT2D eigenvalue weighted by atomic mass is 10.0. The van der Waals surface area contributed by atoms with Gasteiger partial charge in [-0.3, -0.25) is 0 Å². The van der Waals surface area contributed by atoms with Gasteiger partial charge >= 0.3 is 0 Å². The average Bonchev–Trinajstić information content (AvgIpc) is 3.09. The summed E-state index contributed by atoms with van der Waals surface area (Å²) in [6, 6.07) is 38.8. The summed E-state index contributed by atoms with van der Waals surface area (Å²) in [6.07, 6.45) is 0. The van der Waals surface area contributed by atoms with Gasteiger partial charge in [0.2, 0.25) is 0 Å². The van der Waals surface area contributed by atoms with Crippen molar-refractivity contribution in [3.63, 3.8) is 0 Å². The van der Waals surface area contributed by atoms with Crippen LogP contribution in [-0.2, 0) is 0 Å². The summed E-state index contributed by atoms with van der Waals surface area (Å²) in [4.78, 5) is 0. The molecule has 5 aromatic carbocycles. The number of hydrogen-bond acceptors (Lipinski definition) is 0. The van der Waals surface area contributed by atoms with Crippen LogP contribution in [0.2, 0.25) is 0 Å². The van der Waals surface area contributed by atoms with Gasteiger partial charge in [0.25, 0.3) is 0 Å². The van der Waals surface area contributed by atoms with Crippen molar-refractivity contribution in [2.75, 3.05) is 0 Å². The number of benzene rings is 5. The van der Waals surface area contributed by atoms with Crippen molar-refractivity contribution >= 4 is 10.8 Å². The van der Waals surface area contributed by atoms with E-state index in [1.807, 2.05) is 69.2 Å². The lowest BCUT2D eigenvalue weighted by molar-refractivity contribution is 1.40. The minimum atomic E-state index is 1.29. The number of rotatable bonds is 1. The van der Waals surface area contributed by atoms with E-state index >= 15 is 0 Å². The van der Waals surface area contributed by atoms with Crippen molar-refractivity contribution in [2.45, 2.75) is 111 Å². The van der Waals surface area contributed by atoms with Crippen molar-refractivity contribution in [2.24, 2.45) is 0 Å². The Hall–Kier alpha value is -3.64. The predicted octanol–water partition coefficient (Wildman–Crippen LogP) is 14.9. The molecule has 0 radical (unpaired) electrons. The molecule has 0 heterocycles. The second-order valence-electron chi connectivity index (χ2n) is 9.24. The normalized spacial score (nSPS) is 8.45. The van der Waals surface area contributed by atoms with Gasteiger partial charge in [-0.25, -0.2) is 0 Å². The fourth-order valence-electron chi connectivity index (χ4n) is 3.61. The molecule has 0 unspecified atom stereocenters. The molecular formula is C44H66. The molecule has 0 amide bonds. The van der Waals surface area contributed by atoms with Crippen LogP contribution in [0.4, 0.5) is 0 Å². The van der Waals surface area contributed by atoms with Gasteiger partial charge < -0.3 is 0 Å². The van der Waals surface area contributed by atoms with Gasteiger partial charge in [0.15, 0.2) is 0 Å². The van der Waals surface area contributed by atoms with Gasteiger partial charge in [-0.05, 0) is 63.4 Å². The summed E-state index contributed by atoms with van der Waals surface area (Å²) in [5, 5.41) is 2.67. The van der Waals surface area contributed by atoms with Crippen LogP contribution in [0.25, 0.3) is 21.9 Å². The minimum absolute atomic E-state index is 1.29. The van der Waals surface area contributed by atoms with E-state index in [9.17, 15) is 0 Å². The smallest absolute Gasteiger partial charge is 0.0181 e. The monoisotopic (exact) mass is 595 g/mol. The zero-order valence-corrected chi connectivity index (χ0v) is 31.4. The van der Waals surface area contributed by atoms with E-state index in [0.717, 1.165) is 0 Å². The maximum Gasteiger partial charge on any atom is -0.0181 e. The Morgan fingerprint density at radius 3 is 0.636 bits per heavy atom. The molecule has 0 fully saturated rings. The van der Waals surface area contributed by atoms with E-state index < -0.39 is 0 Å². The largest absolute Gasteiger partial charge is 0.0683 e. The molecule has 0 aliphatic carbocycles. The van der Waals surface area contributed by atoms with Gasteiger partial charge in [-0.1, -0.05) is 212 Å². The van der Waals surface area contributed by atoms with Crippen molar-refractivity contribution in [3.05, 3.63) is 143 Å². The number of aryl methyl sites for hydroxylation is 6. The first kappa shape index (κ1) is 44.8. The molecule has 0 atom stereocenters. The molecule has 0 nitrogen and oxygen atoms in total. The Morgan fingerprint density at radius 2 is 0.409 bits per heavy atom. The standard InChI is InChI=1S/C14H14.C12H12.C8H10.5C2H6/c1-11-3-7-13(8-4-11)14-9-5-12(2)6-10-14;1-9-3-5-12-8-10(2)4-6-11(12)7-9;1-7-3-5-8(2)6-4-7;5*1-2/h3-10H,1-2H3;3-8H,1-2H3;3-6H,1-2H3;5*1-2H3. The minimum Gasteiger partial charge on any atom is -0.0683 e. The molecule has 0 aliphatic heterocycles. The second-order valence-corrected chi connectivity index (χ2v) is 9.24. The topological polar surface area (TPSA) is 0 Å². The average molecular weight is 595 g/mol. The van der Waals surface area contributed by atoms with E-state index in [1.54, 1.807) is 0 Å². The quantitative estimate of drug-likeness (QED) is 0.181. The summed E-state index contributed by atoms with van der Waals surface area (Å²) < 4.78 is 0. The molecule has 0 spiro atoms. The lowest BCUT2D eigenvalue weighted by Gasteiger charge is -2.02. The Kier molecular flexibility index (Phi) is 30.0. The number of hydrogen-bond donors (Lipinski definition) is 0. The third-order valence-corrected chi connectivity index (χ3v) is 5.81. The molecule has 0 saturated heterocycles. The summed E-state index contributed by atoms with van der Waals surface area (Å²) in [5.74, 6) is 0. The van der Waals surface area contributed by atoms with Crippen LogP contribution >= 0.6 is 0 Å². The summed E-state index contributed by atoms with van der Waals surface area (Å²) >= 11 is 0. The lowest BCUT2D eigenvalue weighted by Crippen LogP contribution is -1.78. The highest BCUT2D eigenvalue weighted by molar-refractivity contribution is 5.83. The van der Waals surface area contributed by atoms with Crippen molar-refractivity contribution in [3.8, 4) is 11.1 Å². The number of fused-ring (bicyclic) bond motifs is 1. The van der Waals surface area contributed by atoms with Crippen LogP contribution in [0.3, 0.4) is 0 Å². The molecule has 0 aliphatic rings. The predicted molar refractivity (Wildman–Crippen MR) is 207 cm³/mol. The molecule has 0 aromatic heterocycles. The first-order valence-electron chi connectivity index (χ1n) is 16.9. The van der Waals surface area contributed by atoms with Crippen LogP contribution < -0.4 is 0 Å². The highest BCUT2D eigenvalue weighted by Crippen LogP contribution is 2.20. The van der Waals surface area contributed by atoms with Crippen LogP contribution in [0.1, 0.15) is 103 Å². The van der Waals surface area contributed by atoms with Gasteiger partial charge in [0, 0.05) is 0 Å². The Morgan fingerprint density at radius 1 is 0.227 bits per heavy atom. The van der Waals surface area contributed by atoms with E-state index in [2.05, 4.69) is 151 Å². The Labute approximate surface area is 274 Å². The Bertz CT molecular complexity index is 1200. The first-order valence-corrected chi connectivity index (χ1v) is 16.9. The maximum absolute atomic E-state index is 2.22. The van der Waals surface area contributed by atoms with Crippen LogP contribution in [0.15, 0.2) is 109 Å². The van der Waals surface area contributed by atoms with Gasteiger partial charge in [0.1, 0.15) is 0 Å². The van der Waals surface area contributed by atoms with Gasteiger partial charge in [-0.2, -0.15) is 0 Å². The van der Waals surface area contributed by atoms with Gasteiger partial charge in [0.05, 0.1) is 0 Å². The van der Waals surface area contributed by atoms with Gasteiger partial charge in [-0.15, -0.1) is 0 Å². The van der Waals surface area contributed by atoms with Crippen molar-refractivity contribution in [1.82, 2.24) is 0 Å². The first-order chi connectivity index (χ1) is 21.3. The van der Waals surface area contributed by atoms with Crippen molar-refractivity contribution in [1.29, 1.82) is 0 Å². The fraction of sp³-hybridized carbons (Fsp3) is 0.364. The highest BCUT2D eigenvalue weighted by Gasteiger charge is 1.95. The third kappa shape index (κ3) is 19.5. The highest BCUT2D eigenvalue weighted by atomic mass is 14.0. The molecule has 0 saturated carbocycles. The fourth-order valence-corrected chi connectivity index (χ4v) is 3.61. The molecule has 0 N–H and O–H groups in total. The van der Waals surface area contributed by atoms with Crippen molar-refractivity contribution < 1.29 is 0 Å². The zero-order valence-electron chi connectivity index (χ0n) is 31.4. The molecule has 5 aromatic rings. The van der Waals surface area contributed by atoms with E-state index in [-0.39, 0.29) is 0 Å². The van der Waals surface area contributed by atoms with Crippen LogP contribution in [0, 0.1) is 41.5 Å². The Balaban J connectivity index is -0.000000511. The summed E-state index contributed by atoms with van der Waals surface area (Å²) in [6.45, 7) is 32.7. The molecular weight excluding hydrogens is 528 g/mol. The molecule has 44 heavy (non-hydrogen) atoms. The van der Waals surface area contributed by atoms with E-state index in [1.165, 1.54) is 55.3 Å². The molecule has 0 bridgehead atoms. The molecule has 0 heteroatoms. The van der Waals surface area contributed by atoms with E-state index in [0.29, 0.717) is 0 Å². The summed E-state index contributed by atoms with van der Waals surface area (Å²) in [5.41, 5.74) is 10.5. The molecule has 5 rings (SSSR count).